The van der Waals surface area contributed by atoms with Crippen LogP contribution in [0.4, 0.5) is 0 Å². The standard InChI is InChI=1S/C22H12N2O8S/c25-19(26)11-3-9(4-12(7-11)20(27)28)15-1-2-16(18-17(15)23-33-24-18)10-5-13(21(29)30)8-14(6-10)22(31)32/h1-8H,(H,25,26)(H,27,28)(H,29,30)(H,31,32). The van der Waals surface area contributed by atoms with Crippen LogP contribution in [0.1, 0.15) is 41.4 Å². The number of fused-ring (bicyclic) bond motifs is 1. The van der Waals surface area contributed by atoms with Gasteiger partial charge in [-0.3, -0.25) is 0 Å². The normalized spacial score (nSPS) is 10.8. The number of rotatable bonds is 6. The first kappa shape index (κ1) is 21.6. The Morgan fingerprint density at radius 2 is 0.848 bits per heavy atom. The van der Waals surface area contributed by atoms with Crippen LogP contribution in [0.2, 0.25) is 0 Å². The van der Waals surface area contributed by atoms with Gasteiger partial charge in [-0.25, -0.2) is 19.2 Å². The molecule has 0 radical (unpaired) electrons. The maximum absolute atomic E-state index is 11.5. The van der Waals surface area contributed by atoms with E-state index >= 15 is 0 Å². The van der Waals surface area contributed by atoms with Gasteiger partial charge in [0.25, 0.3) is 0 Å². The molecule has 0 bridgehead atoms. The van der Waals surface area contributed by atoms with Gasteiger partial charge in [-0.1, -0.05) is 12.1 Å². The first-order valence-electron chi connectivity index (χ1n) is 9.15. The fourth-order valence-electron chi connectivity index (χ4n) is 3.39. The smallest absolute Gasteiger partial charge is 0.335 e. The molecule has 0 atom stereocenters. The summed E-state index contributed by atoms with van der Waals surface area (Å²) in [4.78, 5) is 45.9. The van der Waals surface area contributed by atoms with Gasteiger partial charge in [-0.05, 0) is 47.5 Å². The molecule has 0 amide bonds. The van der Waals surface area contributed by atoms with Crippen LogP contribution in [-0.4, -0.2) is 53.1 Å². The maximum atomic E-state index is 11.5. The van der Waals surface area contributed by atoms with Crippen molar-refractivity contribution in [3.63, 3.8) is 0 Å². The number of aromatic nitrogens is 2. The van der Waals surface area contributed by atoms with E-state index in [1.165, 1.54) is 24.3 Å². The Morgan fingerprint density at radius 3 is 1.12 bits per heavy atom. The largest absolute Gasteiger partial charge is 0.478 e. The summed E-state index contributed by atoms with van der Waals surface area (Å²) in [5, 5.41) is 37.4. The first-order valence-corrected chi connectivity index (χ1v) is 9.88. The van der Waals surface area contributed by atoms with Crippen molar-refractivity contribution < 1.29 is 39.6 Å². The summed E-state index contributed by atoms with van der Waals surface area (Å²) in [6.45, 7) is 0. The van der Waals surface area contributed by atoms with Gasteiger partial charge >= 0.3 is 23.9 Å². The van der Waals surface area contributed by atoms with E-state index in [4.69, 9.17) is 0 Å². The van der Waals surface area contributed by atoms with Gasteiger partial charge < -0.3 is 20.4 Å². The molecule has 0 saturated heterocycles. The summed E-state index contributed by atoms with van der Waals surface area (Å²) in [6, 6.07) is 10.5. The molecule has 10 nitrogen and oxygen atoms in total. The van der Waals surface area contributed by atoms with E-state index < -0.39 is 23.9 Å². The van der Waals surface area contributed by atoms with E-state index in [1.54, 1.807) is 12.1 Å². The molecule has 0 aliphatic carbocycles. The van der Waals surface area contributed by atoms with Crippen LogP contribution in [0.3, 0.4) is 0 Å². The van der Waals surface area contributed by atoms with Gasteiger partial charge in [-0.15, -0.1) is 0 Å². The van der Waals surface area contributed by atoms with Gasteiger partial charge in [0.2, 0.25) is 0 Å². The average molecular weight is 464 g/mol. The van der Waals surface area contributed by atoms with Crippen molar-refractivity contribution in [3.8, 4) is 22.3 Å². The first-order chi connectivity index (χ1) is 15.7. The number of benzene rings is 3. The molecule has 1 aromatic heterocycles. The van der Waals surface area contributed by atoms with E-state index in [2.05, 4.69) is 8.75 Å². The molecule has 4 rings (SSSR count). The molecular formula is C22H12N2O8S. The van der Waals surface area contributed by atoms with Gasteiger partial charge in [0, 0.05) is 11.1 Å². The lowest BCUT2D eigenvalue weighted by molar-refractivity contribution is 0.0676. The summed E-state index contributed by atoms with van der Waals surface area (Å²) < 4.78 is 8.50. The van der Waals surface area contributed by atoms with Gasteiger partial charge in [0.05, 0.1) is 34.0 Å². The molecule has 164 valence electrons. The molecule has 0 fully saturated rings. The molecule has 0 aliphatic heterocycles. The lowest BCUT2D eigenvalue weighted by atomic mass is 9.94. The minimum atomic E-state index is -1.30. The number of hydrogen-bond acceptors (Lipinski definition) is 7. The highest BCUT2D eigenvalue weighted by Gasteiger charge is 2.19. The Bertz CT molecular complexity index is 1320. The van der Waals surface area contributed by atoms with Crippen LogP contribution in [0.15, 0.2) is 48.5 Å². The van der Waals surface area contributed by atoms with Crippen LogP contribution in [0, 0.1) is 0 Å². The second-order valence-electron chi connectivity index (χ2n) is 6.94. The molecule has 3 aromatic carbocycles. The Hall–Kier alpha value is -4.64. The zero-order chi connectivity index (χ0) is 23.9. The molecule has 1 heterocycles. The lowest BCUT2D eigenvalue weighted by Crippen LogP contribution is -2.03. The Morgan fingerprint density at radius 1 is 0.545 bits per heavy atom. The second kappa shape index (κ2) is 8.13. The molecule has 4 aromatic rings. The average Bonchev–Trinajstić information content (AvgIpc) is 3.27. The summed E-state index contributed by atoms with van der Waals surface area (Å²) in [5.41, 5.74) is 1.21. The number of hydrogen-bond donors (Lipinski definition) is 4. The zero-order valence-electron chi connectivity index (χ0n) is 16.3. The van der Waals surface area contributed by atoms with Crippen LogP contribution in [-0.2, 0) is 0 Å². The molecule has 0 aliphatic rings. The van der Waals surface area contributed by atoms with E-state index in [9.17, 15) is 39.6 Å². The summed E-state index contributed by atoms with van der Waals surface area (Å²) >= 11 is 0.847. The summed E-state index contributed by atoms with van der Waals surface area (Å²) in [6.07, 6.45) is 0. The van der Waals surface area contributed by atoms with E-state index in [1.807, 2.05) is 0 Å². The van der Waals surface area contributed by atoms with Crippen molar-refractivity contribution in [2.24, 2.45) is 0 Å². The Balaban J connectivity index is 1.95. The zero-order valence-corrected chi connectivity index (χ0v) is 17.2. The van der Waals surface area contributed by atoms with Gasteiger partial charge in [0.1, 0.15) is 11.0 Å². The van der Waals surface area contributed by atoms with E-state index in [-0.39, 0.29) is 22.3 Å². The van der Waals surface area contributed by atoms with Gasteiger partial charge in [-0.2, -0.15) is 8.75 Å². The van der Waals surface area contributed by atoms with Crippen LogP contribution >= 0.6 is 11.7 Å². The third-order valence-electron chi connectivity index (χ3n) is 4.89. The van der Waals surface area contributed by atoms with Crippen molar-refractivity contribution in [3.05, 3.63) is 70.8 Å². The van der Waals surface area contributed by atoms with E-state index in [0.29, 0.717) is 33.3 Å². The topological polar surface area (TPSA) is 175 Å². The van der Waals surface area contributed by atoms with Crippen LogP contribution in [0.25, 0.3) is 33.3 Å². The monoisotopic (exact) mass is 464 g/mol. The second-order valence-corrected chi connectivity index (χ2v) is 7.47. The highest BCUT2D eigenvalue weighted by atomic mass is 32.1. The predicted molar refractivity (Wildman–Crippen MR) is 116 cm³/mol. The third kappa shape index (κ3) is 4.00. The van der Waals surface area contributed by atoms with Crippen molar-refractivity contribution in [2.45, 2.75) is 0 Å². The Labute approximate surface area is 188 Å². The Kier molecular flexibility index (Phi) is 5.32. The number of carboxylic acid groups (broad SMARTS) is 4. The summed E-state index contributed by atoms with van der Waals surface area (Å²) in [5.74, 6) is -5.18. The fourth-order valence-corrected chi connectivity index (χ4v) is 3.97. The summed E-state index contributed by atoms with van der Waals surface area (Å²) in [7, 11) is 0. The predicted octanol–water partition coefficient (Wildman–Crippen LogP) is 3.82. The maximum Gasteiger partial charge on any atom is 0.335 e. The minimum Gasteiger partial charge on any atom is -0.478 e. The highest BCUT2D eigenvalue weighted by Crippen LogP contribution is 2.36. The minimum absolute atomic E-state index is 0.217. The molecule has 0 saturated carbocycles. The molecule has 4 N–H and O–H groups in total. The van der Waals surface area contributed by atoms with Crippen LogP contribution < -0.4 is 0 Å². The van der Waals surface area contributed by atoms with Crippen molar-refractivity contribution in [1.29, 1.82) is 0 Å². The lowest BCUT2D eigenvalue weighted by Gasteiger charge is -2.10. The van der Waals surface area contributed by atoms with E-state index in [0.717, 1.165) is 23.9 Å². The number of carboxylic acids is 4. The molecule has 0 unspecified atom stereocenters. The van der Waals surface area contributed by atoms with Crippen LogP contribution in [0.5, 0.6) is 0 Å². The molecule has 0 spiro atoms. The molecular weight excluding hydrogens is 452 g/mol. The molecule has 33 heavy (non-hydrogen) atoms. The fraction of sp³-hybridized carbons (Fsp3) is 0. The SMILES string of the molecule is O=C(O)c1cc(C(=O)O)cc(-c2ccc(-c3cc(C(=O)O)cc(C(=O)O)c3)c3nsnc23)c1. The third-order valence-corrected chi connectivity index (χ3v) is 5.42. The highest BCUT2D eigenvalue weighted by molar-refractivity contribution is 7.00. The van der Waals surface area contributed by atoms with Crippen molar-refractivity contribution >= 4 is 46.6 Å². The van der Waals surface area contributed by atoms with Gasteiger partial charge in [0.15, 0.2) is 0 Å². The quantitative estimate of drug-likeness (QED) is 0.328. The van der Waals surface area contributed by atoms with Crippen molar-refractivity contribution in [2.75, 3.05) is 0 Å². The number of nitrogens with zero attached hydrogens (tertiary/aromatic N) is 2. The number of aromatic carboxylic acids is 4. The van der Waals surface area contributed by atoms with Crippen molar-refractivity contribution in [1.82, 2.24) is 8.75 Å². The molecule has 11 heteroatoms. The number of carbonyl (C=O) groups is 4.